The van der Waals surface area contributed by atoms with Gasteiger partial charge in [0, 0.05) is 11.9 Å². The van der Waals surface area contributed by atoms with E-state index in [4.69, 9.17) is 4.74 Å². The number of benzene rings is 3. The van der Waals surface area contributed by atoms with E-state index in [0.717, 1.165) is 51.9 Å². The monoisotopic (exact) mass is 436 g/mol. The molecule has 0 aliphatic carbocycles. The fourth-order valence-corrected chi connectivity index (χ4v) is 3.79. The van der Waals surface area contributed by atoms with Gasteiger partial charge in [0.05, 0.1) is 11.7 Å². The van der Waals surface area contributed by atoms with Gasteiger partial charge in [-0.1, -0.05) is 67.6 Å². The number of hydrazone groups is 1. The van der Waals surface area contributed by atoms with Crippen molar-refractivity contribution in [3.8, 4) is 5.75 Å². The van der Waals surface area contributed by atoms with Gasteiger partial charge in [-0.2, -0.15) is 10.1 Å². The van der Waals surface area contributed by atoms with Crippen LogP contribution >= 0.6 is 0 Å². The Bertz CT molecular complexity index is 1410. The summed E-state index contributed by atoms with van der Waals surface area (Å²) in [5.74, 6) is 1.14. The molecule has 1 N–H and O–H groups in total. The molecule has 3 aromatic carbocycles. The number of ether oxygens (including phenoxy) is 1. The fraction of sp³-hybridized carbons (Fsp3) is 0.154. The van der Waals surface area contributed by atoms with E-state index in [0.29, 0.717) is 12.6 Å². The molecule has 7 nitrogen and oxygen atoms in total. The molecule has 2 heterocycles. The smallest absolute Gasteiger partial charge is 0.265 e. The summed E-state index contributed by atoms with van der Waals surface area (Å²) < 4.78 is 8.07. The molecule has 0 fully saturated rings. The summed E-state index contributed by atoms with van der Waals surface area (Å²) in [6.07, 6.45) is 2.71. The molecule has 0 amide bonds. The van der Waals surface area contributed by atoms with Crippen molar-refractivity contribution in [3.63, 3.8) is 0 Å². The number of anilines is 1. The molecule has 0 unspecified atom stereocenters. The molecular formula is C26H24N6O. The molecule has 0 saturated carbocycles. The summed E-state index contributed by atoms with van der Waals surface area (Å²) in [5, 5.41) is 14.0. The first-order chi connectivity index (χ1) is 16.3. The number of hydrogen-bond donors (Lipinski definition) is 1. The van der Waals surface area contributed by atoms with Gasteiger partial charge in [-0.15, -0.1) is 10.2 Å². The van der Waals surface area contributed by atoms with Crippen LogP contribution in [0.1, 0.15) is 24.5 Å². The van der Waals surface area contributed by atoms with Gasteiger partial charge >= 0.3 is 0 Å². The van der Waals surface area contributed by atoms with Gasteiger partial charge in [0.25, 0.3) is 5.95 Å². The number of nitrogens with one attached hydrogen (secondary N) is 1. The van der Waals surface area contributed by atoms with Crippen molar-refractivity contribution >= 4 is 34.2 Å². The maximum atomic E-state index is 5.89. The SMILES string of the molecule is CCCn1c2ccccc2c2nnc(N/N=C/c3cccc(OCc4ccccc4)c3)nc21. The number of rotatable bonds is 8. The third kappa shape index (κ3) is 4.52. The fourth-order valence-electron chi connectivity index (χ4n) is 3.79. The van der Waals surface area contributed by atoms with Crippen molar-refractivity contribution < 1.29 is 4.74 Å². The molecular weight excluding hydrogens is 412 g/mol. The summed E-state index contributed by atoms with van der Waals surface area (Å²) in [6.45, 7) is 3.53. The van der Waals surface area contributed by atoms with Gasteiger partial charge in [0.15, 0.2) is 5.65 Å². The van der Waals surface area contributed by atoms with Gasteiger partial charge in [0.2, 0.25) is 0 Å². The summed E-state index contributed by atoms with van der Waals surface area (Å²) in [6, 6.07) is 26.0. The average molecular weight is 437 g/mol. The zero-order chi connectivity index (χ0) is 22.5. The summed E-state index contributed by atoms with van der Waals surface area (Å²) >= 11 is 0. The highest BCUT2D eigenvalue weighted by molar-refractivity contribution is 6.04. The summed E-state index contributed by atoms with van der Waals surface area (Å²) in [4.78, 5) is 4.68. The first-order valence-electron chi connectivity index (χ1n) is 11.0. The van der Waals surface area contributed by atoms with Gasteiger partial charge < -0.3 is 9.30 Å². The van der Waals surface area contributed by atoms with Gasteiger partial charge in [0.1, 0.15) is 17.9 Å². The zero-order valence-electron chi connectivity index (χ0n) is 18.3. The average Bonchev–Trinajstić information content (AvgIpc) is 3.17. The first-order valence-corrected chi connectivity index (χ1v) is 11.0. The Morgan fingerprint density at radius 3 is 2.70 bits per heavy atom. The minimum absolute atomic E-state index is 0.357. The molecule has 0 atom stereocenters. The predicted molar refractivity (Wildman–Crippen MR) is 132 cm³/mol. The van der Waals surface area contributed by atoms with Crippen LogP contribution in [0.3, 0.4) is 0 Å². The van der Waals surface area contributed by atoms with E-state index < -0.39 is 0 Å². The lowest BCUT2D eigenvalue weighted by atomic mass is 10.2. The number of hydrogen-bond acceptors (Lipinski definition) is 6. The quantitative estimate of drug-likeness (QED) is 0.260. The number of nitrogens with zero attached hydrogens (tertiary/aromatic N) is 5. The number of fused-ring (bicyclic) bond motifs is 3. The van der Waals surface area contributed by atoms with Crippen molar-refractivity contribution in [2.24, 2.45) is 5.10 Å². The molecule has 33 heavy (non-hydrogen) atoms. The second kappa shape index (κ2) is 9.48. The molecule has 0 aliphatic rings. The van der Waals surface area contributed by atoms with E-state index in [1.54, 1.807) is 6.21 Å². The highest BCUT2D eigenvalue weighted by Gasteiger charge is 2.13. The van der Waals surface area contributed by atoms with Crippen LogP contribution in [-0.2, 0) is 13.2 Å². The number of aromatic nitrogens is 4. The maximum absolute atomic E-state index is 5.89. The lowest BCUT2D eigenvalue weighted by Crippen LogP contribution is -2.03. The van der Waals surface area contributed by atoms with Crippen LogP contribution < -0.4 is 10.2 Å². The Morgan fingerprint density at radius 2 is 1.82 bits per heavy atom. The van der Waals surface area contributed by atoms with Crippen molar-refractivity contribution in [3.05, 3.63) is 90.0 Å². The third-order valence-corrected chi connectivity index (χ3v) is 5.31. The normalized spacial score (nSPS) is 11.4. The molecule has 0 radical (unpaired) electrons. The molecule has 0 aliphatic heterocycles. The largest absolute Gasteiger partial charge is 0.489 e. The Kier molecular flexibility index (Phi) is 5.93. The Balaban J connectivity index is 1.32. The van der Waals surface area contributed by atoms with Gasteiger partial charge in [-0.05, 0) is 35.7 Å². The second-order valence-corrected chi connectivity index (χ2v) is 7.69. The molecule has 164 valence electrons. The second-order valence-electron chi connectivity index (χ2n) is 7.69. The van der Waals surface area contributed by atoms with Crippen LogP contribution in [0.25, 0.3) is 22.1 Å². The molecule has 0 spiro atoms. The van der Waals surface area contributed by atoms with E-state index in [9.17, 15) is 0 Å². The van der Waals surface area contributed by atoms with Crippen molar-refractivity contribution in [2.75, 3.05) is 5.43 Å². The minimum atomic E-state index is 0.357. The Labute approximate surface area is 191 Å². The lowest BCUT2D eigenvalue weighted by Gasteiger charge is -2.06. The van der Waals surface area contributed by atoms with Crippen LogP contribution in [-0.4, -0.2) is 26.0 Å². The molecule has 5 aromatic rings. The summed E-state index contributed by atoms with van der Waals surface area (Å²) in [5.41, 5.74) is 7.66. The van der Waals surface area contributed by atoms with E-state index in [1.807, 2.05) is 66.7 Å². The van der Waals surface area contributed by atoms with E-state index in [1.165, 1.54) is 0 Å². The maximum Gasteiger partial charge on any atom is 0.265 e. The van der Waals surface area contributed by atoms with Gasteiger partial charge in [-0.3, -0.25) is 0 Å². The zero-order valence-corrected chi connectivity index (χ0v) is 18.3. The first kappa shape index (κ1) is 20.6. The van der Waals surface area contributed by atoms with Gasteiger partial charge in [-0.25, -0.2) is 5.43 Å². The molecule has 5 rings (SSSR count). The molecule has 7 heteroatoms. The van der Waals surface area contributed by atoms with Crippen LogP contribution in [0.5, 0.6) is 5.75 Å². The number of aryl methyl sites for hydroxylation is 1. The predicted octanol–water partition coefficient (Wildman–Crippen LogP) is 5.41. The Morgan fingerprint density at radius 1 is 0.970 bits per heavy atom. The molecule has 0 bridgehead atoms. The van der Waals surface area contributed by atoms with Crippen LogP contribution in [0.15, 0.2) is 84.0 Å². The minimum Gasteiger partial charge on any atom is -0.489 e. The highest BCUT2D eigenvalue weighted by atomic mass is 16.5. The van der Waals surface area contributed by atoms with Crippen LogP contribution in [0, 0.1) is 0 Å². The van der Waals surface area contributed by atoms with Crippen molar-refractivity contribution in [1.82, 2.24) is 19.7 Å². The van der Waals surface area contributed by atoms with Crippen molar-refractivity contribution in [2.45, 2.75) is 26.5 Å². The van der Waals surface area contributed by atoms with E-state index >= 15 is 0 Å². The van der Waals surface area contributed by atoms with Crippen LogP contribution in [0.4, 0.5) is 5.95 Å². The molecule has 0 saturated heterocycles. The topological polar surface area (TPSA) is 77.2 Å². The van der Waals surface area contributed by atoms with E-state index in [2.05, 4.69) is 49.3 Å². The lowest BCUT2D eigenvalue weighted by molar-refractivity contribution is 0.306. The number of para-hydroxylation sites is 1. The third-order valence-electron chi connectivity index (χ3n) is 5.31. The summed E-state index contributed by atoms with van der Waals surface area (Å²) in [7, 11) is 0. The molecule has 2 aromatic heterocycles. The van der Waals surface area contributed by atoms with Crippen LogP contribution in [0.2, 0.25) is 0 Å². The standard InChI is InChI=1S/C26H24N6O/c1-2-15-32-23-14-7-6-13-22(23)24-25(32)28-26(31-29-24)30-27-17-20-11-8-12-21(16-20)33-18-19-9-4-3-5-10-19/h3-14,16-17H,2,15,18H2,1H3,(H,28,30,31)/b27-17+. The van der Waals surface area contributed by atoms with Crippen molar-refractivity contribution in [1.29, 1.82) is 0 Å². The van der Waals surface area contributed by atoms with E-state index in [-0.39, 0.29) is 0 Å². The highest BCUT2D eigenvalue weighted by Crippen LogP contribution is 2.26. The Hall–Kier alpha value is -4.26.